The topological polar surface area (TPSA) is 12.9 Å². The molecule has 0 aromatic carbocycles. The van der Waals surface area contributed by atoms with E-state index < -0.39 is 0 Å². The van der Waals surface area contributed by atoms with Crippen LogP contribution in [0.25, 0.3) is 0 Å². The van der Waals surface area contributed by atoms with Crippen LogP contribution in [-0.4, -0.2) is 4.98 Å². The van der Waals surface area contributed by atoms with Gasteiger partial charge < -0.3 is 0 Å². The summed E-state index contributed by atoms with van der Waals surface area (Å²) >= 11 is 0. The van der Waals surface area contributed by atoms with Gasteiger partial charge in [0.25, 0.3) is 0 Å². The van der Waals surface area contributed by atoms with Crippen molar-refractivity contribution < 1.29 is 0 Å². The summed E-state index contributed by atoms with van der Waals surface area (Å²) in [5, 5.41) is 0. The molecule has 1 aromatic rings. The summed E-state index contributed by atoms with van der Waals surface area (Å²) in [4.78, 5) is 4.32. The fraction of sp³-hybridized carbons (Fsp3) is 0.500. The smallest absolute Gasteiger partial charge is 0.0444 e. The first-order valence-corrected chi connectivity index (χ1v) is 5.21. The molecule has 1 aliphatic rings. The molecule has 0 amide bonds. The van der Waals surface area contributed by atoms with Crippen LogP contribution in [0.5, 0.6) is 0 Å². The summed E-state index contributed by atoms with van der Waals surface area (Å²) in [6.07, 6.45) is 11.1. The first-order chi connectivity index (χ1) is 6.45. The van der Waals surface area contributed by atoms with E-state index in [9.17, 15) is 0 Å². The minimum atomic E-state index is 0.781. The first kappa shape index (κ1) is 8.74. The van der Waals surface area contributed by atoms with E-state index in [1.54, 1.807) is 0 Å². The highest BCUT2D eigenvalue weighted by Gasteiger charge is 2.14. The summed E-state index contributed by atoms with van der Waals surface area (Å²) in [5.74, 6) is 0.781. The predicted molar refractivity (Wildman–Crippen MR) is 54.2 cm³/mol. The lowest BCUT2D eigenvalue weighted by atomic mass is 9.86. The molecule has 1 radical (unpaired) electrons. The van der Waals surface area contributed by atoms with E-state index in [2.05, 4.69) is 23.5 Å². The molecule has 0 unspecified atom stereocenters. The average Bonchev–Trinajstić information content (AvgIpc) is 2.21. The van der Waals surface area contributed by atoms with Gasteiger partial charge in [0.05, 0.1) is 0 Å². The molecule has 2 rings (SSSR count). The Hall–Kier alpha value is -0.850. The molecule has 0 bridgehead atoms. The highest BCUT2D eigenvalue weighted by atomic mass is 14.7. The van der Waals surface area contributed by atoms with Crippen molar-refractivity contribution in [2.75, 3.05) is 0 Å². The zero-order valence-corrected chi connectivity index (χ0v) is 7.95. The number of aromatic nitrogens is 1. The molecule has 1 heterocycles. The van der Waals surface area contributed by atoms with Gasteiger partial charge in [0.2, 0.25) is 0 Å². The van der Waals surface area contributed by atoms with Crippen LogP contribution in [0.1, 0.15) is 37.8 Å². The van der Waals surface area contributed by atoms with Gasteiger partial charge in [0, 0.05) is 18.3 Å². The van der Waals surface area contributed by atoms with Gasteiger partial charge in [-0.15, -0.1) is 0 Å². The zero-order chi connectivity index (χ0) is 8.93. The Kier molecular flexibility index (Phi) is 2.96. The molecule has 0 saturated heterocycles. The second-order valence-electron chi connectivity index (χ2n) is 3.82. The third-order valence-electron chi connectivity index (χ3n) is 2.74. The quantitative estimate of drug-likeness (QED) is 0.671. The fourth-order valence-corrected chi connectivity index (χ4v) is 2.02. The molecule has 0 aliphatic heterocycles. The number of rotatable bonds is 2. The summed E-state index contributed by atoms with van der Waals surface area (Å²) in [6.45, 7) is 0. The van der Waals surface area contributed by atoms with Gasteiger partial charge in [-0.25, -0.2) is 0 Å². The molecule has 1 nitrogen and oxygen atoms in total. The number of nitrogens with zero attached hydrogens (tertiary/aromatic N) is 1. The van der Waals surface area contributed by atoms with Gasteiger partial charge >= 0.3 is 0 Å². The van der Waals surface area contributed by atoms with E-state index in [1.165, 1.54) is 32.1 Å². The number of hydrogen-bond donors (Lipinski definition) is 0. The standard InChI is InChI=1S/C12H16N/c1-2-6-11(7-3-1)10-12-8-4-5-9-13-12/h4-5,8-11H,1-3,6-7H2. The Morgan fingerprint density at radius 3 is 2.69 bits per heavy atom. The van der Waals surface area contributed by atoms with Gasteiger partial charge in [-0.2, -0.15) is 0 Å². The minimum absolute atomic E-state index is 0.781. The Morgan fingerprint density at radius 2 is 2.00 bits per heavy atom. The van der Waals surface area contributed by atoms with Crippen LogP contribution < -0.4 is 0 Å². The lowest BCUT2D eigenvalue weighted by Crippen LogP contribution is -2.07. The summed E-state index contributed by atoms with van der Waals surface area (Å²) in [7, 11) is 0. The van der Waals surface area contributed by atoms with E-state index >= 15 is 0 Å². The van der Waals surface area contributed by atoms with Crippen LogP contribution in [0.15, 0.2) is 24.4 Å². The molecule has 13 heavy (non-hydrogen) atoms. The highest BCUT2D eigenvalue weighted by Crippen LogP contribution is 2.27. The number of pyridine rings is 1. The van der Waals surface area contributed by atoms with Crippen molar-refractivity contribution in [3.8, 4) is 0 Å². The molecule has 1 aliphatic carbocycles. The maximum Gasteiger partial charge on any atom is 0.0444 e. The van der Waals surface area contributed by atoms with E-state index in [1.807, 2.05) is 12.3 Å². The highest BCUT2D eigenvalue weighted by molar-refractivity contribution is 5.14. The van der Waals surface area contributed by atoms with Crippen LogP contribution in [0.4, 0.5) is 0 Å². The van der Waals surface area contributed by atoms with Crippen molar-refractivity contribution in [1.82, 2.24) is 4.98 Å². The molecule has 1 fully saturated rings. The lowest BCUT2D eigenvalue weighted by Gasteiger charge is -2.20. The van der Waals surface area contributed by atoms with Crippen LogP contribution in [-0.2, 0) is 0 Å². The van der Waals surface area contributed by atoms with Gasteiger partial charge in [-0.1, -0.05) is 25.3 Å². The second-order valence-corrected chi connectivity index (χ2v) is 3.82. The van der Waals surface area contributed by atoms with E-state index in [0.717, 1.165) is 11.6 Å². The largest absolute Gasteiger partial charge is 0.261 e. The van der Waals surface area contributed by atoms with Crippen molar-refractivity contribution in [2.45, 2.75) is 32.1 Å². The van der Waals surface area contributed by atoms with Crippen LogP contribution in [0, 0.1) is 12.3 Å². The molecule has 1 heteroatoms. The zero-order valence-electron chi connectivity index (χ0n) is 7.95. The molecule has 0 atom stereocenters. The van der Waals surface area contributed by atoms with Crippen molar-refractivity contribution >= 4 is 0 Å². The van der Waals surface area contributed by atoms with Crippen LogP contribution in [0.2, 0.25) is 0 Å². The molecule has 1 aromatic heterocycles. The van der Waals surface area contributed by atoms with Crippen LogP contribution >= 0.6 is 0 Å². The van der Waals surface area contributed by atoms with Crippen molar-refractivity contribution in [3.05, 3.63) is 36.5 Å². The Labute approximate surface area is 80.2 Å². The third kappa shape index (κ3) is 2.55. The SMILES string of the molecule is [CH](c1ccccn1)C1CCCCC1. The number of hydrogen-bond acceptors (Lipinski definition) is 1. The molecule has 0 N–H and O–H groups in total. The lowest BCUT2D eigenvalue weighted by molar-refractivity contribution is 0.402. The third-order valence-corrected chi connectivity index (χ3v) is 2.74. The van der Waals surface area contributed by atoms with E-state index in [4.69, 9.17) is 0 Å². The average molecular weight is 174 g/mol. The predicted octanol–water partition coefficient (Wildman–Crippen LogP) is 3.21. The molecule has 0 spiro atoms. The second kappa shape index (κ2) is 4.40. The molecule has 1 saturated carbocycles. The molecular formula is C12H16N. The summed E-state index contributed by atoms with van der Waals surface area (Å²) in [6, 6.07) is 6.12. The van der Waals surface area contributed by atoms with E-state index in [-0.39, 0.29) is 0 Å². The molecule has 69 valence electrons. The van der Waals surface area contributed by atoms with Crippen molar-refractivity contribution in [3.63, 3.8) is 0 Å². The van der Waals surface area contributed by atoms with Gasteiger partial charge in [0.1, 0.15) is 0 Å². The van der Waals surface area contributed by atoms with Crippen molar-refractivity contribution in [1.29, 1.82) is 0 Å². The van der Waals surface area contributed by atoms with Gasteiger partial charge in [-0.3, -0.25) is 4.98 Å². The Bertz CT molecular complexity index is 237. The normalized spacial score (nSPS) is 18.8. The molecular weight excluding hydrogens is 158 g/mol. The maximum absolute atomic E-state index is 4.32. The van der Waals surface area contributed by atoms with Gasteiger partial charge in [-0.05, 0) is 30.9 Å². The van der Waals surface area contributed by atoms with Crippen LogP contribution in [0.3, 0.4) is 0 Å². The van der Waals surface area contributed by atoms with E-state index in [0.29, 0.717) is 0 Å². The maximum atomic E-state index is 4.32. The fourth-order valence-electron chi connectivity index (χ4n) is 2.02. The first-order valence-electron chi connectivity index (χ1n) is 5.21. The summed E-state index contributed by atoms with van der Waals surface area (Å²) < 4.78 is 0. The Balaban J connectivity index is 1.90. The van der Waals surface area contributed by atoms with Crippen molar-refractivity contribution in [2.24, 2.45) is 5.92 Å². The Morgan fingerprint density at radius 1 is 1.15 bits per heavy atom. The monoisotopic (exact) mass is 174 g/mol. The minimum Gasteiger partial charge on any atom is -0.261 e. The summed E-state index contributed by atoms with van der Waals surface area (Å²) in [5.41, 5.74) is 1.15. The van der Waals surface area contributed by atoms with Gasteiger partial charge in [0.15, 0.2) is 0 Å².